The summed E-state index contributed by atoms with van der Waals surface area (Å²) >= 11 is 0. The van der Waals surface area contributed by atoms with Crippen LogP contribution in [0.15, 0.2) is 23.8 Å². The van der Waals surface area contributed by atoms with E-state index in [2.05, 4.69) is 0 Å². The Kier molecular flexibility index (Phi) is 6.97. The quantitative estimate of drug-likeness (QED) is 0.312. The predicted molar refractivity (Wildman–Crippen MR) is 58.0 cm³/mol. The molecule has 4 nitrogen and oxygen atoms in total. The minimum Gasteiger partial charge on any atom is -0.463 e. The fourth-order valence-corrected chi connectivity index (χ4v) is 0.837. The number of carbonyl (C=O) groups excluding carboxylic acids is 2. The van der Waals surface area contributed by atoms with Gasteiger partial charge in [0.25, 0.3) is 0 Å². The van der Waals surface area contributed by atoms with Crippen molar-refractivity contribution in [3.8, 4) is 0 Å². The maximum atomic E-state index is 11.1. The van der Waals surface area contributed by atoms with Crippen LogP contribution in [0.25, 0.3) is 0 Å². The standard InChI is InChI=1S/C11H17NO3/c1-3-4-7-15-11(14)6-5-9(2)8-10(12)13/h5-6,8H,3-4,7H2,1-2H3,(H2,12,13)/b6-5+,9-8+. The van der Waals surface area contributed by atoms with Crippen molar-refractivity contribution in [2.45, 2.75) is 26.7 Å². The molecule has 0 aromatic carbocycles. The van der Waals surface area contributed by atoms with Crippen LogP contribution in [-0.2, 0) is 14.3 Å². The maximum absolute atomic E-state index is 11.1. The van der Waals surface area contributed by atoms with E-state index in [1.807, 2.05) is 6.92 Å². The number of nitrogens with two attached hydrogens (primary N) is 1. The van der Waals surface area contributed by atoms with Crippen LogP contribution < -0.4 is 5.73 Å². The highest BCUT2D eigenvalue weighted by molar-refractivity contribution is 5.87. The third kappa shape index (κ3) is 8.74. The lowest BCUT2D eigenvalue weighted by atomic mass is 10.2. The highest BCUT2D eigenvalue weighted by Crippen LogP contribution is 1.95. The summed E-state index contributed by atoms with van der Waals surface area (Å²) < 4.78 is 4.87. The van der Waals surface area contributed by atoms with Crippen LogP contribution in [0.4, 0.5) is 0 Å². The average molecular weight is 211 g/mol. The molecule has 0 saturated carbocycles. The summed E-state index contributed by atoms with van der Waals surface area (Å²) in [6.07, 6.45) is 5.87. The molecule has 0 heterocycles. The van der Waals surface area contributed by atoms with Crippen molar-refractivity contribution in [1.82, 2.24) is 0 Å². The van der Waals surface area contributed by atoms with E-state index in [1.165, 1.54) is 18.2 Å². The van der Waals surface area contributed by atoms with Crippen LogP contribution in [0.1, 0.15) is 26.7 Å². The Morgan fingerprint density at radius 3 is 2.53 bits per heavy atom. The molecule has 2 N–H and O–H groups in total. The third-order valence-corrected chi connectivity index (χ3v) is 1.59. The molecular weight excluding hydrogens is 194 g/mol. The molecule has 0 fully saturated rings. The fourth-order valence-electron chi connectivity index (χ4n) is 0.837. The molecule has 0 aliphatic rings. The lowest BCUT2D eigenvalue weighted by molar-refractivity contribution is -0.137. The number of hydrogen-bond donors (Lipinski definition) is 1. The van der Waals surface area contributed by atoms with Gasteiger partial charge in [-0.15, -0.1) is 0 Å². The molecule has 0 aliphatic carbocycles. The summed E-state index contributed by atoms with van der Waals surface area (Å²) in [5, 5.41) is 0. The Morgan fingerprint density at radius 2 is 2.00 bits per heavy atom. The third-order valence-electron chi connectivity index (χ3n) is 1.59. The van der Waals surface area contributed by atoms with Gasteiger partial charge in [0, 0.05) is 12.2 Å². The Bertz CT molecular complexity index is 280. The number of hydrogen-bond acceptors (Lipinski definition) is 3. The molecule has 0 aromatic rings. The van der Waals surface area contributed by atoms with Crippen molar-refractivity contribution in [2.75, 3.05) is 6.61 Å². The first-order chi connectivity index (χ1) is 7.06. The first-order valence-corrected chi connectivity index (χ1v) is 4.88. The van der Waals surface area contributed by atoms with Gasteiger partial charge in [-0.05, 0) is 18.9 Å². The first-order valence-electron chi connectivity index (χ1n) is 4.88. The Morgan fingerprint density at radius 1 is 1.33 bits per heavy atom. The molecule has 84 valence electrons. The van der Waals surface area contributed by atoms with Crippen molar-refractivity contribution in [3.63, 3.8) is 0 Å². The minimum absolute atomic E-state index is 0.402. The second-order valence-electron chi connectivity index (χ2n) is 3.15. The first kappa shape index (κ1) is 13.4. The maximum Gasteiger partial charge on any atom is 0.330 e. The Balaban J connectivity index is 3.95. The highest BCUT2D eigenvalue weighted by atomic mass is 16.5. The highest BCUT2D eigenvalue weighted by Gasteiger charge is 1.95. The molecule has 0 atom stereocenters. The number of primary amides is 1. The van der Waals surface area contributed by atoms with Gasteiger partial charge in [-0.1, -0.05) is 19.4 Å². The molecule has 0 rings (SSSR count). The second kappa shape index (κ2) is 7.79. The largest absolute Gasteiger partial charge is 0.463 e. The van der Waals surface area contributed by atoms with Crippen molar-refractivity contribution >= 4 is 11.9 Å². The topological polar surface area (TPSA) is 69.4 Å². The molecule has 0 saturated heterocycles. The lowest BCUT2D eigenvalue weighted by Gasteiger charge is -1.98. The van der Waals surface area contributed by atoms with E-state index < -0.39 is 11.9 Å². The number of allylic oxidation sites excluding steroid dienone is 2. The van der Waals surface area contributed by atoms with Crippen molar-refractivity contribution in [2.24, 2.45) is 5.73 Å². The zero-order chi connectivity index (χ0) is 11.7. The van der Waals surface area contributed by atoms with Crippen LogP contribution in [-0.4, -0.2) is 18.5 Å². The van der Waals surface area contributed by atoms with Crippen molar-refractivity contribution < 1.29 is 14.3 Å². The molecule has 0 bridgehead atoms. The van der Waals surface area contributed by atoms with Gasteiger partial charge in [-0.2, -0.15) is 0 Å². The van der Waals surface area contributed by atoms with E-state index in [-0.39, 0.29) is 0 Å². The molecule has 0 radical (unpaired) electrons. The van der Waals surface area contributed by atoms with Crippen molar-refractivity contribution in [3.05, 3.63) is 23.8 Å². The monoisotopic (exact) mass is 211 g/mol. The zero-order valence-electron chi connectivity index (χ0n) is 9.16. The molecule has 15 heavy (non-hydrogen) atoms. The molecule has 0 aromatic heterocycles. The predicted octanol–water partition coefficient (Wildman–Crippen LogP) is 1.32. The Hall–Kier alpha value is -1.58. The number of unbranched alkanes of at least 4 members (excludes halogenated alkanes) is 1. The number of amides is 1. The smallest absolute Gasteiger partial charge is 0.330 e. The van der Waals surface area contributed by atoms with Crippen molar-refractivity contribution in [1.29, 1.82) is 0 Å². The van der Waals surface area contributed by atoms with E-state index in [0.29, 0.717) is 12.2 Å². The van der Waals surface area contributed by atoms with Gasteiger partial charge in [0.1, 0.15) is 0 Å². The van der Waals surface area contributed by atoms with E-state index in [9.17, 15) is 9.59 Å². The summed E-state index contributed by atoms with van der Waals surface area (Å²) in [7, 11) is 0. The van der Waals surface area contributed by atoms with Crippen LogP contribution in [0.3, 0.4) is 0 Å². The number of rotatable bonds is 6. The number of carbonyl (C=O) groups is 2. The summed E-state index contributed by atoms with van der Waals surface area (Å²) in [5.41, 5.74) is 5.55. The summed E-state index contributed by atoms with van der Waals surface area (Å²) in [6, 6.07) is 0. The van der Waals surface area contributed by atoms with Crippen LogP contribution in [0, 0.1) is 0 Å². The zero-order valence-corrected chi connectivity index (χ0v) is 9.16. The molecule has 0 aliphatic heterocycles. The number of esters is 1. The second-order valence-corrected chi connectivity index (χ2v) is 3.15. The van der Waals surface area contributed by atoms with Gasteiger partial charge in [0.05, 0.1) is 6.61 Å². The summed E-state index contributed by atoms with van der Waals surface area (Å²) in [6.45, 7) is 4.13. The van der Waals surface area contributed by atoms with Gasteiger partial charge in [0.15, 0.2) is 0 Å². The van der Waals surface area contributed by atoms with Crippen LogP contribution >= 0.6 is 0 Å². The fraction of sp³-hybridized carbons (Fsp3) is 0.455. The van der Waals surface area contributed by atoms with E-state index in [4.69, 9.17) is 10.5 Å². The van der Waals surface area contributed by atoms with Gasteiger partial charge in [-0.3, -0.25) is 4.79 Å². The SMILES string of the molecule is CCCCOC(=O)/C=C/C(C)=C/C(N)=O. The average Bonchev–Trinajstić information content (AvgIpc) is 2.14. The molecular formula is C11H17NO3. The van der Waals surface area contributed by atoms with Gasteiger partial charge >= 0.3 is 5.97 Å². The van der Waals surface area contributed by atoms with Gasteiger partial charge in [-0.25, -0.2) is 4.79 Å². The summed E-state index contributed by atoms with van der Waals surface area (Å²) in [4.78, 5) is 21.5. The van der Waals surface area contributed by atoms with E-state index in [1.54, 1.807) is 6.92 Å². The lowest BCUT2D eigenvalue weighted by Crippen LogP contribution is -2.06. The molecule has 0 spiro atoms. The van der Waals surface area contributed by atoms with Crippen LogP contribution in [0.5, 0.6) is 0 Å². The van der Waals surface area contributed by atoms with Crippen LogP contribution in [0.2, 0.25) is 0 Å². The normalized spacial score (nSPS) is 11.7. The molecule has 1 amide bonds. The van der Waals surface area contributed by atoms with Gasteiger partial charge in [0.2, 0.25) is 5.91 Å². The summed E-state index contributed by atoms with van der Waals surface area (Å²) in [5.74, 6) is -0.933. The Labute approximate surface area is 89.8 Å². The molecule has 4 heteroatoms. The molecule has 0 unspecified atom stereocenters. The number of ether oxygens (including phenoxy) is 1. The van der Waals surface area contributed by atoms with E-state index >= 15 is 0 Å². The van der Waals surface area contributed by atoms with Gasteiger partial charge < -0.3 is 10.5 Å². The minimum atomic E-state index is -0.531. The van der Waals surface area contributed by atoms with E-state index in [0.717, 1.165) is 12.8 Å².